The van der Waals surface area contributed by atoms with Crippen LogP contribution in [0.25, 0.3) is 0 Å². The van der Waals surface area contributed by atoms with Crippen LogP contribution < -0.4 is 0 Å². The van der Waals surface area contributed by atoms with Crippen molar-refractivity contribution in [2.75, 3.05) is 7.05 Å². The molecule has 0 spiro atoms. The Kier molecular flexibility index (Phi) is 2.99. The average Bonchev–Trinajstić information content (AvgIpc) is 1.95. The fraction of sp³-hybridized carbons (Fsp3) is 0.125. The van der Waals surface area contributed by atoms with Crippen molar-refractivity contribution in [1.29, 1.82) is 0 Å². The second-order valence-corrected chi connectivity index (χ2v) is 3.30. The Labute approximate surface area is 78.5 Å². The third-order valence-electron chi connectivity index (χ3n) is 1.23. The van der Waals surface area contributed by atoms with Gasteiger partial charge < -0.3 is 0 Å². The molecule has 0 saturated heterocycles. The van der Waals surface area contributed by atoms with E-state index >= 15 is 0 Å². The van der Waals surface area contributed by atoms with Gasteiger partial charge in [-0.3, -0.25) is 4.99 Å². The van der Waals surface area contributed by atoms with Gasteiger partial charge in [-0.25, -0.2) is 4.39 Å². The van der Waals surface area contributed by atoms with E-state index in [-0.39, 0.29) is 5.82 Å². The smallest absolute Gasteiger partial charge is 0.133 e. The number of hydrogen-bond acceptors (Lipinski definition) is 1. The van der Waals surface area contributed by atoms with Crippen molar-refractivity contribution in [1.82, 2.24) is 0 Å². The number of nitrogens with zero attached hydrogens (tertiary/aromatic N) is 1. The van der Waals surface area contributed by atoms with Gasteiger partial charge >= 0.3 is 0 Å². The monoisotopic (exact) mass is 263 g/mol. The first-order chi connectivity index (χ1) is 5.24. The van der Waals surface area contributed by atoms with Crippen molar-refractivity contribution >= 4 is 28.8 Å². The highest BCUT2D eigenvalue weighted by Crippen LogP contribution is 2.10. The van der Waals surface area contributed by atoms with Crippen molar-refractivity contribution in [2.45, 2.75) is 0 Å². The van der Waals surface area contributed by atoms with Crippen LogP contribution in [0.2, 0.25) is 0 Å². The van der Waals surface area contributed by atoms with E-state index in [1.807, 2.05) is 6.07 Å². The largest absolute Gasteiger partial charge is 0.296 e. The summed E-state index contributed by atoms with van der Waals surface area (Å²) in [7, 11) is 1.62. The van der Waals surface area contributed by atoms with E-state index in [1.165, 1.54) is 12.3 Å². The van der Waals surface area contributed by atoms with Crippen LogP contribution >= 0.6 is 22.6 Å². The maximum absolute atomic E-state index is 12.9. The number of aliphatic imine (C=N–C) groups is 1. The van der Waals surface area contributed by atoms with Crippen LogP contribution in [0.1, 0.15) is 5.56 Å². The summed E-state index contributed by atoms with van der Waals surface area (Å²) in [6.45, 7) is 0. The molecular weight excluding hydrogens is 256 g/mol. The van der Waals surface area contributed by atoms with E-state index in [2.05, 4.69) is 27.6 Å². The molecular formula is C8H7FIN. The van der Waals surface area contributed by atoms with Crippen LogP contribution in [-0.4, -0.2) is 13.3 Å². The van der Waals surface area contributed by atoms with Crippen molar-refractivity contribution in [3.63, 3.8) is 0 Å². The van der Waals surface area contributed by atoms with Crippen LogP contribution in [0.3, 0.4) is 0 Å². The lowest BCUT2D eigenvalue weighted by molar-refractivity contribution is 0.625. The summed E-state index contributed by atoms with van der Waals surface area (Å²) in [5.74, 6) is -0.220. The summed E-state index contributed by atoms with van der Waals surface area (Å²) in [6, 6.07) is 5.04. The highest BCUT2D eigenvalue weighted by atomic mass is 127. The third-order valence-corrected chi connectivity index (χ3v) is 1.90. The standard InChI is InChI=1S/C8H7FIN/c1-11-5-6-2-3-7(10)4-8(6)9/h2-5H,1H3/b11-5-. The highest BCUT2D eigenvalue weighted by molar-refractivity contribution is 14.1. The molecule has 3 heteroatoms. The van der Waals surface area contributed by atoms with Crippen LogP contribution in [0.5, 0.6) is 0 Å². The van der Waals surface area contributed by atoms with Gasteiger partial charge in [-0.05, 0) is 40.8 Å². The maximum atomic E-state index is 12.9. The molecule has 0 aromatic heterocycles. The Hall–Kier alpha value is -0.450. The topological polar surface area (TPSA) is 12.4 Å². The first-order valence-electron chi connectivity index (χ1n) is 3.11. The first kappa shape index (κ1) is 8.64. The Morgan fingerprint density at radius 1 is 1.55 bits per heavy atom. The fourth-order valence-electron chi connectivity index (χ4n) is 0.745. The minimum Gasteiger partial charge on any atom is -0.296 e. The molecule has 0 N–H and O–H groups in total. The normalized spacial score (nSPS) is 10.8. The zero-order valence-electron chi connectivity index (χ0n) is 6.01. The summed E-state index contributed by atoms with van der Waals surface area (Å²) in [5.41, 5.74) is 0.535. The minimum atomic E-state index is -0.220. The van der Waals surface area contributed by atoms with Crippen LogP contribution in [0, 0.1) is 9.39 Å². The van der Waals surface area contributed by atoms with E-state index < -0.39 is 0 Å². The SMILES string of the molecule is C/N=C\c1ccc(I)cc1F. The lowest BCUT2D eigenvalue weighted by atomic mass is 10.2. The second-order valence-electron chi connectivity index (χ2n) is 2.05. The van der Waals surface area contributed by atoms with E-state index in [9.17, 15) is 4.39 Å². The van der Waals surface area contributed by atoms with Gasteiger partial charge in [-0.1, -0.05) is 0 Å². The Balaban J connectivity index is 3.09. The Morgan fingerprint density at radius 3 is 2.82 bits per heavy atom. The van der Waals surface area contributed by atoms with Gasteiger partial charge in [0.15, 0.2) is 0 Å². The van der Waals surface area contributed by atoms with E-state index in [1.54, 1.807) is 13.1 Å². The summed E-state index contributed by atoms with van der Waals surface area (Å²) < 4.78 is 13.8. The van der Waals surface area contributed by atoms with Gasteiger partial charge in [0, 0.05) is 22.4 Å². The van der Waals surface area contributed by atoms with Crippen molar-refractivity contribution in [3.8, 4) is 0 Å². The van der Waals surface area contributed by atoms with Crippen molar-refractivity contribution < 1.29 is 4.39 Å². The molecule has 0 unspecified atom stereocenters. The molecule has 0 atom stereocenters. The van der Waals surface area contributed by atoms with E-state index in [4.69, 9.17) is 0 Å². The van der Waals surface area contributed by atoms with Gasteiger partial charge in [-0.2, -0.15) is 0 Å². The molecule has 1 aromatic carbocycles. The quantitative estimate of drug-likeness (QED) is 0.545. The minimum absolute atomic E-state index is 0.220. The second kappa shape index (κ2) is 3.80. The fourth-order valence-corrected chi connectivity index (χ4v) is 1.20. The third kappa shape index (κ3) is 2.25. The molecule has 11 heavy (non-hydrogen) atoms. The molecule has 0 fully saturated rings. The number of hydrogen-bond donors (Lipinski definition) is 0. The summed E-state index contributed by atoms with van der Waals surface area (Å²) in [5, 5.41) is 0. The van der Waals surface area contributed by atoms with E-state index in [0.717, 1.165) is 3.57 Å². The van der Waals surface area contributed by atoms with Gasteiger partial charge in [-0.15, -0.1) is 0 Å². The van der Waals surface area contributed by atoms with Gasteiger partial charge in [0.1, 0.15) is 5.82 Å². The lowest BCUT2D eigenvalue weighted by Crippen LogP contribution is -1.87. The molecule has 1 rings (SSSR count). The molecule has 0 radical (unpaired) electrons. The summed E-state index contributed by atoms with van der Waals surface area (Å²) in [6.07, 6.45) is 1.51. The van der Waals surface area contributed by atoms with E-state index in [0.29, 0.717) is 5.56 Å². The van der Waals surface area contributed by atoms with Gasteiger partial charge in [0.25, 0.3) is 0 Å². The number of benzene rings is 1. The zero-order valence-corrected chi connectivity index (χ0v) is 8.17. The molecule has 1 nitrogen and oxygen atoms in total. The van der Waals surface area contributed by atoms with Gasteiger partial charge in [0.05, 0.1) is 0 Å². The number of halogens is 2. The highest BCUT2D eigenvalue weighted by Gasteiger charge is 1.97. The molecule has 0 bridgehead atoms. The first-order valence-corrected chi connectivity index (χ1v) is 4.19. The molecule has 0 aliphatic heterocycles. The molecule has 0 aliphatic carbocycles. The molecule has 0 saturated carbocycles. The van der Waals surface area contributed by atoms with Crippen LogP contribution in [0.4, 0.5) is 4.39 Å². The maximum Gasteiger partial charge on any atom is 0.133 e. The summed E-state index contributed by atoms with van der Waals surface area (Å²) in [4.78, 5) is 3.73. The van der Waals surface area contributed by atoms with Crippen molar-refractivity contribution in [2.24, 2.45) is 4.99 Å². The number of rotatable bonds is 1. The van der Waals surface area contributed by atoms with Crippen LogP contribution in [0.15, 0.2) is 23.2 Å². The predicted octanol–water partition coefficient (Wildman–Crippen LogP) is 2.48. The molecule has 58 valence electrons. The molecule has 1 aromatic rings. The summed E-state index contributed by atoms with van der Waals surface area (Å²) >= 11 is 2.07. The van der Waals surface area contributed by atoms with Crippen LogP contribution in [-0.2, 0) is 0 Å². The predicted molar refractivity (Wildman–Crippen MR) is 52.6 cm³/mol. The average molecular weight is 263 g/mol. The lowest BCUT2D eigenvalue weighted by Gasteiger charge is -1.95. The van der Waals surface area contributed by atoms with Gasteiger partial charge in [0.2, 0.25) is 0 Å². The molecule has 0 aliphatic rings. The Bertz CT molecular complexity index is 283. The molecule has 0 amide bonds. The Morgan fingerprint density at radius 2 is 2.27 bits per heavy atom. The molecule has 0 heterocycles. The zero-order chi connectivity index (χ0) is 8.27. The van der Waals surface area contributed by atoms with Crippen molar-refractivity contribution in [3.05, 3.63) is 33.1 Å².